The monoisotopic (exact) mass is 170 g/mol. The molecule has 1 fully saturated rings. The van der Waals surface area contributed by atoms with E-state index in [4.69, 9.17) is 13.0 Å². The minimum absolute atomic E-state index is 0.0764. The Morgan fingerprint density at radius 2 is 1.92 bits per heavy atom. The van der Waals surface area contributed by atoms with E-state index in [1.165, 1.54) is 0 Å². The van der Waals surface area contributed by atoms with Crippen LogP contribution in [0.25, 0.3) is 0 Å². The largest absolute Gasteiger partial charge is 0.396 e. The number of aliphatic hydroxyl groups is 3. The zero-order valence-electron chi connectivity index (χ0n) is 7.44. The zero-order valence-corrected chi connectivity index (χ0v) is 7.44. The Labute approximate surface area is 73.8 Å². The highest BCUT2D eigenvalue weighted by Crippen LogP contribution is 2.48. The average molecular weight is 170 g/mol. The Hall–Kier alpha value is -0.0551. The van der Waals surface area contributed by atoms with Crippen molar-refractivity contribution in [1.82, 2.24) is 0 Å². The maximum absolute atomic E-state index is 9.57. The van der Waals surface area contributed by atoms with Crippen LogP contribution >= 0.6 is 0 Å². The van der Waals surface area contributed by atoms with Gasteiger partial charge in [-0.3, -0.25) is 0 Å². The second kappa shape index (κ2) is 3.02. The first-order valence-electron chi connectivity index (χ1n) is 4.17. The molecule has 3 N–H and O–H groups in total. The quantitative estimate of drug-likeness (QED) is 0.456. The predicted molar refractivity (Wildman–Crippen MR) is 45.9 cm³/mol. The van der Waals surface area contributed by atoms with E-state index in [1.54, 1.807) is 6.92 Å². The molecule has 1 unspecified atom stereocenters. The van der Waals surface area contributed by atoms with Crippen LogP contribution in [-0.2, 0) is 0 Å². The van der Waals surface area contributed by atoms with Crippen molar-refractivity contribution >= 4 is 7.85 Å². The number of hydrogen-bond acceptors (Lipinski definition) is 3. The summed E-state index contributed by atoms with van der Waals surface area (Å²) in [4.78, 5) is 0. The molecule has 0 heterocycles. The van der Waals surface area contributed by atoms with E-state index in [0.717, 1.165) is 0 Å². The standard InChI is InChI=1S/C8H15BO3/c1-4-5(9)6(11)7(12)8(4,2)3-10/h4-7,10-12H,3H2,1-2H3/t4-,5-,6+,7+,8?/m1/s1. The third-order valence-electron chi connectivity index (χ3n) is 3.35. The van der Waals surface area contributed by atoms with Gasteiger partial charge in [-0.2, -0.15) is 0 Å². The first-order valence-corrected chi connectivity index (χ1v) is 4.17. The maximum Gasteiger partial charge on any atom is 0.0872 e. The number of rotatable bonds is 1. The van der Waals surface area contributed by atoms with Gasteiger partial charge in [-0.1, -0.05) is 13.8 Å². The molecule has 0 bridgehead atoms. The van der Waals surface area contributed by atoms with Crippen molar-refractivity contribution in [3.8, 4) is 0 Å². The fourth-order valence-electron chi connectivity index (χ4n) is 1.84. The average Bonchev–Trinajstić information content (AvgIpc) is 2.22. The SMILES string of the molecule is [B][C@H]1[C@H](O)[C@H](O)C(C)(CO)[C@@H]1C. The highest BCUT2D eigenvalue weighted by Gasteiger charge is 2.52. The molecule has 0 aliphatic heterocycles. The van der Waals surface area contributed by atoms with Crippen LogP contribution in [0.15, 0.2) is 0 Å². The Morgan fingerprint density at radius 1 is 1.42 bits per heavy atom. The normalized spacial score (nSPS) is 54.4. The van der Waals surface area contributed by atoms with Gasteiger partial charge in [0.25, 0.3) is 0 Å². The summed E-state index contributed by atoms with van der Waals surface area (Å²) in [7, 11) is 5.64. The van der Waals surface area contributed by atoms with Crippen LogP contribution in [0, 0.1) is 11.3 Å². The van der Waals surface area contributed by atoms with E-state index in [2.05, 4.69) is 0 Å². The highest BCUT2D eigenvalue weighted by molar-refractivity contribution is 6.12. The molecule has 3 nitrogen and oxygen atoms in total. The van der Waals surface area contributed by atoms with Gasteiger partial charge in [-0.25, -0.2) is 0 Å². The molecule has 5 atom stereocenters. The molecule has 2 radical (unpaired) electrons. The fourth-order valence-corrected chi connectivity index (χ4v) is 1.84. The highest BCUT2D eigenvalue weighted by atomic mass is 16.3. The molecule has 0 saturated heterocycles. The summed E-state index contributed by atoms with van der Waals surface area (Å²) in [5, 5.41) is 28.1. The Balaban J connectivity index is 2.90. The van der Waals surface area contributed by atoms with Gasteiger partial charge in [-0.05, 0) is 11.7 Å². The summed E-state index contributed by atoms with van der Waals surface area (Å²) >= 11 is 0. The number of hydrogen-bond donors (Lipinski definition) is 3. The number of aliphatic hydroxyl groups excluding tert-OH is 3. The van der Waals surface area contributed by atoms with Crippen molar-refractivity contribution < 1.29 is 15.3 Å². The maximum atomic E-state index is 9.57. The summed E-state index contributed by atoms with van der Waals surface area (Å²) in [5.41, 5.74) is -0.668. The van der Waals surface area contributed by atoms with E-state index in [-0.39, 0.29) is 12.5 Å². The van der Waals surface area contributed by atoms with Crippen molar-refractivity contribution in [2.45, 2.75) is 31.9 Å². The minimum atomic E-state index is -0.924. The van der Waals surface area contributed by atoms with Gasteiger partial charge >= 0.3 is 0 Å². The molecular formula is C8H15BO3. The third kappa shape index (κ3) is 1.10. The summed E-state index contributed by atoms with van der Waals surface area (Å²) in [6.45, 7) is 3.42. The molecule has 4 heteroatoms. The first kappa shape index (κ1) is 10.0. The topological polar surface area (TPSA) is 60.7 Å². The van der Waals surface area contributed by atoms with Crippen LogP contribution in [0.5, 0.6) is 0 Å². The van der Waals surface area contributed by atoms with Gasteiger partial charge in [0.05, 0.1) is 26.7 Å². The van der Waals surface area contributed by atoms with Gasteiger partial charge in [0.1, 0.15) is 0 Å². The molecule has 0 aromatic heterocycles. The van der Waals surface area contributed by atoms with Crippen molar-refractivity contribution in [2.24, 2.45) is 11.3 Å². The van der Waals surface area contributed by atoms with E-state index in [1.807, 2.05) is 6.92 Å². The summed E-state index contributed by atoms with van der Waals surface area (Å²) in [6, 6.07) is 0. The molecule has 1 aliphatic rings. The van der Waals surface area contributed by atoms with Gasteiger partial charge in [0.15, 0.2) is 0 Å². The van der Waals surface area contributed by atoms with Gasteiger partial charge in [0, 0.05) is 5.41 Å². The van der Waals surface area contributed by atoms with Crippen molar-refractivity contribution in [3.63, 3.8) is 0 Å². The zero-order chi connectivity index (χ0) is 9.52. The van der Waals surface area contributed by atoms with Crippen molar-refractivity contribution in [3.05, 3.63) is 0 Å². The molecular weight excluding hydrogens is 155 g/mol. The fraction of sp³-hybridized carbons (Fsp3) is 1.00. The Morgan fingerprint density at radius 3 is 2.08 bits per heavy atom. The van der Waals surface area contributed by atoms with Crippen LogP contribution in [0.3, 0.4) is 0 Å². The molecule has 68 valence electrons. The molecule has 1 saturated carbocycles. The lowest BCUT2D eigenvalue weighted by atomic mass is 9.71. The lowest BCUT2D eigenvalue weighted by Gasteiger charge is -2.30. The molecule has 0 aromatic rings. The lowest BCUT2D eigenvalue weighted by molar-refractivity contribution is -0.0453. The second-order valence-corrected chi connectivity index (χ2v) is 3.97. The Bertz CT molecular complexity index is 160. The molecule has 0 aromatic carbocycles. The molecule has 0 spiro atoms. The second-order valence-electron chi connectivity index (χ2n) is 3.97. The smallest absolute Gasteiger partial charge is 0.0872 e. The van der Waals surface area contributed by atoms with Crippen LogP contribution < -0.4 is 0 Å². The van der Waals surface area contributed by atoms with Crippen LogP contribution in [0.4, 0.5) is 0 Å². The summed E-state index contributed by atoms with van der Waals surface area (Å²) < 4.78 is 0. The van der Waals surface area contributed by atoms with Gasteiger partial charge in [-0.15, -0.1) is 0 Å². The van der Waals surface area contributed by atoms with Crippen molar-refractivity contribution in [2.75, 3.05) is 6.61 Å². The van der Waals surface area contributed by atoms with E-state index in [0.29, 0.717) is 0 Å². The lowest BCUT2D eigenvalue weighted by Crippen LogP contribution is -2.38. The molecule has 1 rings (SSSR count). The van der Waals surface area contributed by atoms with E-state index < -0.39 is 23.4 Å². The van der Waals surface area contributed by atoms with Crippen molar-refractivity contribution in [1.29, 1.82) is 0 Å². The third-order valence-corrected chi connectivity index (χ3v) is 3.35. The van der Waals surface area contributed by atoms with E-state index in [9.17, 15) is 10.2 Å². The first-order chi connectivity index (χ1) is 5.45. The van der Waals surface area contributed by atoms with E-state index >= 15 is 0 Å². The van der Waals surface area contributed by atoms with Gasteiger partial charge in [0.2, 0.25) is 0 Å². The molecule has 1 aliphatic carbocycles. The molecule has 0 amide bonds. The van der Waals surface area contributed by atoms with Crippen LogP contribution in [-0.4, -0.2) is 42.0 Å². The molecule has 12 heavy (non-hydrogen) atoms. The van der Waals surface area contributed by atoms with Crippen LogP contribution in [0.2, 0.25) is 5.82 Å². The summed E-state index contributed by atoms with van der Waals surface area (Å²) in [5.74, 6) is -0.523. The summed E-state index contributed by atoms with van der Waals surface area (Å²) in [6.07, 6.45) is -1.84. The van der Waals surface area contributed by atoms with Crippen LogP contribution in [0.1, 0.15) is 13.8 Å². The minimum Gasteiger partial charge on any atom is -0.396 e. The predicted octanol–water partition coefficient (Wildman–Crippen LogP) is -0.687. The van der Waals surface area contributed by atoms with Gasteiger partial charge < -0.3 is 15.3 Å². The Kier molecular flexibility index (Phi) is 2.52.